The Morgan fingerprint density at radius 3 is 2.20 bits per heavy atom. The van der Waals surface area contributed by atoms with Crippen molar-refractivity contribution in [2.45, 2.75) is 31.6 Å². The first-order chi connectivity index (χ1) is 4.66. The van der Waals surface area contributed by atoms with Gasteiger partial charge >= 0.3 is 0 Å². The number of hydrogen-bond donors (Lipinski definition) is 4. The maximum Gasteiger partial charge on any atom is 0.151 e. The van der Waals surface area contributed by atoms with Crippen LogP contribution in [0.15, 0.2) is 0 Å². The largest absolute Gasteiger partial charge is 0.368 e. The smallest absolute Gasteiger partial charge is 0.151 e. The molecule has 10 heavy (non-hydrogen) atoms. The molecule has 4 heteroatoms. The van der Waals surface area contributed by atoms with Crippen LogP contribution in [-0.2, 0) is 0 Å². The molecule has 0 amide bonds. The highest BCUT2D eigenvalue weighted by Gasteiger charge is 2.01. The summed E-state index contributed by atoms with van der Waals surface area (Å²) in [6, 6.07) is -0.00116. The summed E-state index contributed by atoms with van der Waals surface area (Å²) in [5.74, 6) is 0. The third kappa shape index (κ3) is 5.97. The zero-order chi connectivity index (χ0) is 7.98. The van der Waals surface area contributed by atoms with Crippen molar-refractivity contribution < 1.29 is 10.2 Å². The van der Waals surface area contributed by atoms with Gasteiger partial charge in [-0.2, -0.15) is 0 Å². The molecule has 6 N–H and O–H groups in total. The fraction of sp³-hybridized carbons (Fsp3) is 1.00. The molecule has 0 bridgehead atoms. The Labute approximate surface area is 60.8 Å². The molecule has 1 unspecified atom stereocenters. The van der Waals surface area contributed by atoms with E-state index in [2.05, 4.69) is 0 Å². The van der Waals surface area contributed by atoms with Crippen molar-refractivity contribution in [2.24, 2.45) is 11.5 Å². The quantitative estimate of drug-likeness (QED) is 0.367. The van der Waals surface area contributed by atoms with Crippen molar-refractivity contribution in [2.75, 3.05) is 6.54 Å². The van der Waals surface area contributed by atoms with E-state index in [1.165, 1.54) is 0 Å². The lowest BCUT2D eigenvalue weighted by Gasteiger charge is -2.07. The highest BCUT2D eigenvalue weighted by atomic mass is 16.5. The van der Waals surface area contributed by atoms with Gasteiger partial charge in [0, 0.05) is 12.6 Å². The van der Waals surface area contributed by atoms with Crippen LogP contribution in [-0.4, -0.2) is 29.1 Å². The third-order valence-corrected chi connectivity index (χ3v) is 1.34. The molecule has 0 aliphatic carbocycles. The zero-order valence-electron chi connectivity index (χ0n) is 6.03. The second kappa shape index (κ2) is 5.61. The second-order valence-corrected chi connectivity index (χ2v) is 2.41. The molecule has 0 aromatic rings. The summed E-state index contributed by atoms with van der Waals surface area (Å²) in [6.45, 7) is 0.460. The van der Waals surface area contributed by atoms with Crippen LogP contribution in [0.4, 0.5) is 0 Å². The number of hydrogen-bond acceptors (Lipinski definition) is 4. The normalized spacial score (nSPS) is 14.1. The van der Waals surface area contributed by atoms with Gasteiger partial charge in [-0.25, -0.2) is 0 Å². The molecule has 0 saturated carbocycles. The minimum absolute atomic E-state index is 0.00116. The summed E-state index contributed by atoms with van der Waals surface area (Å²) in [7, 11) is 0. The molecule has 0 rings (SSSR count). The van der Waals surface area contributed by atoms with Crippen molar-refractivity contribution in [3.63, 3.8) is 0 Å². The molecular weight excluding hydrogens is 132 g/mol. The van der Waals surface area contributed by atoms with E-state index in [0.29, 0.717) is 13.0 Å². The average molecular weight is 148 g/mol. The zero-order valence-corrected chi connectivity index (χ0v) is 6.03. The Balaban J connectivity index is 3.03. The molecule has 0 aromatic heterocycles. The molecule has 0 spiro atoms. The summed E-state index contributed by atoms with van der Waals surface area (Å²) in [4.78, 5) is 0. The van der Waals surface area contributed by atoms with Crippen LogP contribution in [0.25, 0.3) is 0 Å². The van der Waals surface area contributed by atoms with E-state index in [1.807, 2.05) is 0 Å². The lowest BCUT2D eigenvalue weighted by molar-refractivity contribution is -0.0467. The maximum absolute atomic E-state index is 8.42. The van der Waals surface area contributed by atoms with Crippen LogP contribution in [0.1, 0.15) is 19.3 Å². The average Bonchev–Trinajstić information content (AvgIpc) is 1.87. The fourth-order valence-electron chi connectivity index (χ4n) is 0.680. The Hall–Kier alpha value is -0.160. The van der Waals surface area contributed by atoms with E-state index in [4.69, 9.17) is 21.7 Å². The summed E-state index contributed by atoms with van der Waals surface area (Å²) >= 11 is 0. The van der Waals surface area contributed by atoms with Crippen LogP contribution in [0.5, 0.6) is 0 Å². The Morgan fingerprint density at radius 1 is 1.20 bits per heavy atom. The molecule has 62 valence electrons. The Bertz CT molecular complexity index is 78.1. The molecule has 0 aliphatic rings. The predicted molar refractivity (Wildman–Crippen MR) is 39.1 cm³/mol. The van der Waals surface area contributed by atoms with Gasteiger partial charge in [-0.1, -0.05) is 0 Å². The van der Waals surface area contributed by atoms with Gasteiger partial charge in [0.2, 0.25) is 0 Å². The maximum atomic E-state index is 8.42. The van der Waals surface area contributed by atoms with Gasteiger partial charge in [-0.3, -0.25) is 0 Å². The van der Waals surface area contributed by atoms with Gasteiger partial charge in [0.25, 0.3) is 0 Å². The lowest BCUT2D eigenvalue weighted by Crippen LogP contribution is -2.29. The van der Waals surface area contributed by atoms with E-state index in [9.17, 15) is 0 Å². The van der Waals surface area contributed by atoms with Crippen molar-refractivity contribution in [3.8, 4) is 0 Å². The van der Waals surface area contributed by atoms with Crippen molar-refractivity contribution in [3.05, 3.63) is 0 Å². The van der Waals surface area contributed by atoms with Gasteiger partial charge in [0.1, 0.15) is 0 Å². The number of aliphatic hydroxyl groups is 2. The number of aliphatic hydroxyl groups excluding tert-OH is 1. The number of nitrogens with two attached hydrogens (primary N) is 2. The van der Waals surface area contributed by atoms with Crippen molar-refractivity contribution in [1.82, 2.24) is 0 Å². The molecular formula is C6H16N2O2. The summed E-state index contributed by atoms with van der Waals surface area (Å²) in [5, 5.41) is 16.8. The standard InChI is InChI=1S/C6H16N2O2/c7-4-5(8)2-1-3-6(9)10/h5-6,9-10H,1-4,7-8H2. The molecule has 0 aliphatic heterocycles. The first-order valence-electron chi connectivity index (χ1n) is 3.48. The molecule has 0 fully saturated rings. The molecule has 4 nitrogen and oxygen atoms in total. The summed E-state index contributed by atoms with van der Waals surface area (Å²) in [6.07, 6.45) is 0.655. The minimum Gasteiger partial charge on any atom is -0.368 e. The SMILES string of the molecule is NCC(N)CCCC(O)O. The van der Waals surface area contributed by atoms with Gasteiger partial charge in [-0.15, -0.1) is 0 Å². The molecule has 0 aromatic carbocycles. The topological polar surface area (TPSA) is 92.5 Å². The van der Waals surface area contributed by atoms with Gasteiger partial charge in [-0.05, 0) is 19.3 Å². The van der Waals surface area contributed by atoms with Crippen LogP contribution < -0.4 is 11.5 Å². The third-order valence-electron chi connectivity index (χ3n) is 1.34. The minimum atomic E-state index is -1.20. The van der Waals surface area contributed by atoms with Crippen LogP contribution in [0.2, 0.25) is 0 Å². The van der Waals surface area contributed by atoms with E-state index in [1.54, 1.807) is 0 Å². The van der Waals surface area contributed by atoms with Gasteiger partial charge < -0.3 is 21.7 Å². The van der Waals surface area contributed by atoms with E-state index in [0.717, 1.165) is 12.8 Å². The molecule has 1 atom stereocenters. The van der Waals surface area contributed by atoms with Crippen LogP contribution in [0.3, 0.4) is 0 Å². The van der Waals surface area contributed by atoms with Crippen LogP contribution in [0, 0.1) is 0 Å². The fourth-order valence-corrected chi connectivity index (χ4v) is 0.680. The van der Waals surface area contributed by atoms with Gasteiger partial charge in [0.05, 0.1) is 0 Å². The highest BCUT2D eigenvalue weighted by molar-refractivity contribution is 4.60. The van der Waals surface area contributed by atoms with Crippen molar-refractivity contribution in [1.29, 1.82) is 0 Å². The Morgan fingerprint density at radius 2 is 1.80 bits per heavy atom. The van der Waals surface area contributed by atoms with Crippen LogP contribution >= 0.6 is 0 Å². The molecule has 0 radical (unpaired) electrons. The second-order valence-electron chi connectivity index (χ2n) is 2.41. The summed E-state index contributed by atoms with van der Waals surface area (Å²) < 4.78 is 0. The van der Waals surface area contributed by atoms with Crippen molar-refractivity contribution >= 4 is 0 Å². The summed E-state index contributed by atoms with van der Waals surface area (Å²) in [5.41, 5.74) is 10.7. The highest BCUT2D eigenvalue weighted by Crippen LogP contribution is 1.99. The predicted octanol–water partition coefficient (Wildman–Crippen LogP) is -1.25. The van der Waals surface area contributed by atoms with E-state index >= 15 is 0 Å². The Kier molecular flexibility index (Phi) is 5.52. The molecule has 0 heterocycles. The molecule has 0 saturated heterocycles. The first-order valence-corrected chi connectivity index (χ1v) is 3.48. The lowest BCUT2D eigenvalue weighted by atomic mass is 10.1. The first kappa shape index (κ1) is 9.84. The van der Waals surface area contributed by atoms with E-state index in [-0.39, 0.29) is 6.04 Å². The van der Waals surface area contributed by atoms with Gasteiger partial charge in [0.15, 0.2) is 6.29 Å². The monoisotopic (exact) mass is 148 g/mol. The van der Waals surface area contributed by atoms with E-state index < -0.39 is 6.29 Å². The number of rotatable bonds is 5.